The van der Waals surface area contributed by atoms with Crippen molar-refractivity contribution < 1.29 is 5.11 Å². The minimum absolute atomic E-state index is 0.351. The Balaban J connectivity index is 1.65. The summed E-state index contributed by atoms with van der Waals surface area (Å²) in [5, 5.41) is 21.6. The molecular formula is C19H29NO. The molecule has 0 spiro atoms. The van der Waals surface area contributed by atoms with Crippen molar-refractivity contribution in [1.82, 2.24) is 0 Å². The van der Waals surface area contributed by atoms with E-state index in [1.807, 2.05) is 0 Å². The first kappa shape index (κ1) is 14.1. The zero-order valence-electron chi connectivity index (χ0n) is 13.6. The lowest BCUT2D eigenvalue weighted by atomic mass is 9.53. The predicted octanol–water partition coefficient (Wildman–Crippen LogP) is 4.28. The summed E-state index contributed by atoms with van der Waals surface area (Å²) < 4.78 is 0. The second-order valence-corrected chi connectivity index (χ2v) is 9.35. The molecule has 0 aliphatic heterocycles. The van der Waals surface area contributed by atoms with Crippen LogP contribution in [0.4, 0.5) is 0 Å². The van der Waals surface area contributed by atoms with E-state index in [4.69, 9.17) is 0 Å². The summed E-state index contributed by atoms with van der Waals surface area (Å²) in [5.74, 6) is 2.75. The second-order valence-electron chi connectivity index (χ2n) is 9.35. The highest BCUT2D eigenvalue weighted by atomic mass is 16.3. The molecular weight excluding hydrogens is 258 g/mol. The quantitative estimate of drug-likeness (QED) is 0.782. The molecule has 0 amide bonds. The van der Waals surface area contributed by atoms with Crippen molar-refractivity contribution in [2.45, 2.75) is 77.2 Å². The number of nitrogens with zero attached hydrogens (tertiary/aromatic N) is 1. The van der Waals surface area contributed by atoms with Crippen LogP contribution in [0, 0.1) is 45.8 Å². The third kappa shape index (κ3) is 1.73. The fourth-order valence-electron chi connectivity index (χ4n) is 6.66. The molecule has 4 aliphatic rings. The molecule has 2 nitrogen and oxygen atoms in total. The van der Waals surface area contributed by atoms with Crippen LogP contribution in [-0.4, -0.2) is 10.7 Å². The highest BCUT2D eigenvalue weighted by molar-refractivity contribution is 5.22. The molecule has 5 unspecified atom stereocenters. The minimum atomic E-state index is -0.672. The van der Waals surface area contributed by atoms with Crippen molar-refractivity contribution in [2.75, 3.05) is 0 Å². The Kier molecular flexibility index (Phi) is 2.85. The molecule has 4 fully saturated rings. The first-order chi connectivity index (χ1) is 9.91. The van der Waals surface area contributed by atoms with Gasteiger partial charge in [-0.15, -0.1) is 0 Å². The van der Waals surface area contributed by atoms with Gasteiger partial charge in [-0.2, -0.15) is 5.26 Å². The van der Waals surface area contributed by atoms with E-state index in [0.717, 1.165) is 43.9 Å². The van der Waals surface area contributed by atoms with Crippen LogP contribution in [0.2, 0.25) is 0 Å². The van der Waals surface area contributed by atoms with E-state index in [9.17, 15) is 10.4 Å². The second kappa shape index (κ2) is 4.25. The largest absolute Gasteiger partial charge is 0.388 e. The number of rotatable bonds is 1. The van der Waals surface area contributed by atoms with Crippen molar-refractivity contribution in [3.8, 4) is 6.07 Å². The van der Waals surface area contributed by atoms with Gasteiger partial charge in [-0.3, -0.25) is 0 Å². The third-order valence-corrected chi connectivity index (χ3v) is 7.99. The molecule has 0 saturated heterocycles. The average Bonchev–Trinajstić information content (AvgIpc) is 3.10. The lowest BCUT2D eigenvalue weighted by Gasteiger charge is -2.52. The Hall–Kier alpha value is -0.550. The SMILES string of the molecule is CC1(C)CCC(C#N)(C2(O)CC3CC2C2CCCC32)CC1. The molecule has 4 saturated carbocycles. The molecule has 4 rings (SSSR count). The molecule has 0 heterocycles. The van der Waals surface area contributed by atoms with Gasteiger partial charge in [-0.05, 0) is 80.5 Å². The number of hydrogen-bond acceptors (Lipinski definition) is 2. The molecule has 1 N–H and O–H groups in total. The summed E-state index contributed by atoms with van der Waals surface area (Å²) in [5.41, 5.74) is -0.770. The maximum Gasteiger partial charge on any atom is 0.0866 e. The van der Waals surface area contributed by atoms with Gasteiger partial charge in [0.05, 0.1) is 17.1 Å². The van der Waals surface area contributed by atoms with Crippen molar-refractivity contribution in [3.63, 3.8) is 0 Å². The van der Waals surface area contributed by atoms with E-state index >= 15 is 0 Å². The third-order valence-electron chi connectivity index (χ3n) is 7.99. The maximum atomic E-state index is 11.7. The Morgan fingerprint density at radius 2 is 1.71 bits per heavy atom. The van der Waals surface area contributed by atoms with E-state index < -0.39 is 11.0 Å². The van der Waals surface area contributed by atoms with E-state index in [-0.39, 0.29) is 0 Å². The zero-order valence-corrected chi connectivity index (χ0v) is 13.6. The summed E-state index contributed by atoms with van der Waals surface area (Å²) in [7, 11) is 0. The number of nitriles is 1. The summed E-state index contributed by atoms with van der Waals surface area (Å²) in [4.78, 5) is 0. The van der Waals surface area contributed by atoms with Crippen molar-refractivity contribution in [1.29, 1.82) is 5.26 Å². The molecule has 2 heteroatoms. The number of fused-ring (bicyclic) bond motifs is 5. The molecule has 0 aromatic carbocycles. The van der Waals surface area contributed by atoms with Gasteiger partial charge in [0.15, 0.2) is 0 Å². The van der Waals surface area contributed by atoms with Crippen LogP contribution < -0.4 is 0 Å². The van der Waals surface area contributed by atoms with Gasteiger partial charge in [0, 0.05) is 0 Å². The first-order valence-electron chi connectivity index (χ1n) is 9.04. The highest BCUT2D eigenvalue weighted by Crippen LogP contribution is 2.68. The van der Waals surface area contributed by atoms with E-state index in [1.165, 1.54) is 25.7 Å². The summed E-state index contributed by atoms with van der Waals surface area (Å²) in [6, 6.07) is 2.65. The van der Waals surface area contributed by atoms with Gasteiger partial charge in [-0.1, -0.05) is 20.3 Å². The first-order valence-corrected chi connectivity index (χ1v) is 9.04. The van der Waals surface area contributed by atoms with Crippen molar-refractivity contribution >= 4 is 0 Å². The van der Waals surface area contributed by atoms with Crippen LogP contribution in [0.25, 0.3) is 0 Å². The molecule has 0 aromatic rings. The van der Waals surface area contributed by atoms with E-state index in [1.54, 1.807) is 0 Å². The minimum Gasteiger partial charge on any atom is -0.388 e. The zero-order chi connectivity index (χ0) is 14.9. The standard InChI is InChI=1S/C19H29NO/c1-17(2)6-8-18(12-20,9-7-17)19(21)11-13-10-16(19)15-5-3-4-14(13)15/h13-16,21H,3-11H2,1-2H3. The molecule has 4 aliphatic carbocycles. The predicted molar refractivity (Wildman–Crippen MR) is 82.3 cm³/mol. The van der Waals surface area contributed by atoms with Gasteiger partial charge in [-0.25, -0.2) is 0 Å². The van der Waals surface area contributed by atoms with Gasteiger partial charge in [0.2, 0.25) is 0 Å². The maximum absolute atomic E-state index is 11.7. The van der Waals surface area contributed by atoms with E-state index in [2.05, 4.69) is 19.9 Å². The molecule has 116 valence electrons. The number of hydrogen-bond donors (Lipinski definition) is 1. The molecule has 21 heavy (non-hydrogen) atoms. The summed E-state index contributed by atoms with van der Waals surface area (Å²) in [6.45, 7) is 4.62. The monoisotopic (exact) mass is 287 g/mol. The normalized spacial score (nSPS) is 49.8. The van der Waals surface area contributed by atoms with Crippen LogP contribution >= 0.6 is 0 Å². The molecule has 0 radical (unpaired) electrons. The summed E-state index contributed by atoms with van der Waals surface area (Å²) >= 11 is 0. The molecule has 2 bridgehead atoms. The Morgan fingerprint density at radius 3 is 2.38 bits per heavy atom. The lowest BCUT2D eigenvalue weighted by Crippen LogP contribution is -2.56. The topological polar surface area (TPSA) is 44.0 Å². The van der Waals surface area contributed by atoms with Crippen molar-refractivity contribution in [3.05, 3.63) is 0 Å². The van der Waals surface area contributed by atoms with Crippen LogP contribution in [-0.2, 0) is 0 Å². The van der Waals surface area contributed by atoms with Crippen LogP contribution in [0.15, 0.2) is 0 Å². The smallest absolute Gasteiger partial charge is 0.0866 e. The van der Waals surface area contributed by atoms with Gasteiger partial charge < -0.3 is 5.11 Å². The molecule has 5 atom stereocenters. The fraction of sp³-hybridized carbons (Fsp3) is 0.947. The van der Waals surface area contributed by atoms with E-state index in [0.29, 0.717) is 17.3 Å². The summed E-state index contributed by atoms with van der Waals surface area (Å²) in [6.07, 6.45) is 10.2. The average molecular weight is 287 g/mol. The van der Waals surface area contributed by atoms with Crippen LogP contribution in [0.1, 0.15) is 71.6 Å². The Labute approximate surface area is 128 Å². The Bertz CT molecular complexity index is 480. The number of aliphatic hydroxyl groups is 1. The highest BCUT2D eigenvalue weighted by Gasteiger charge is 2.67. The van der Waals surface area contributed by atoms with Gasteiger partial charge in [0.25, 0.3) is 0 Å². The van der Waals surface area contributed by atoms with Gasteiger partial charge >= 0.3 is 0 Å². The molecule has 0 aromatic heterocycles. The Morgan fingerprint density at radius 1 is 1.05 bits per heavy atom. The van der Waals surface area contributed by atoms with Gasteiger partial charge in [0.1, 0.15) is 0 Å². The fourth-order valence-corrected chi connectivity index (χ4v) is 6.66. The lowest BCUT2D eigenvalue weighted by molar-refractivity contribution is -0.139. The van der Waals surface area contributed by atoms with Crippen molar-refractivity contribution in [2.24, 2.45) is 34.5 Å². The van der Waals surface area contributed by atoms with Crippen LogP contribution in [0.3, 0.4) is 0 Å². The van der Waals surface area contributed by atoms with Crippen LogP contribution in [0.5, 0.6) is 0 Å².